The van der Waals surface area contributed by atoms with Gasteiger partial charge in [-0.3, -0.25) is 4.99 Å². The number of benzene rings is 2. The van der Waals surface area contributed by atoms with Crippen LogP contribution in [0.4, 0.5) is 10.5 Å². The molecule has 5 nitrogen and oxygen atoms in total. The van der Waals surface area contributed by atoms with Crippen molar-refractivity contribution in [3.63, 3.8) is 0 Å². The van der Waals surface area contributed by atoms with Crippen LogP contribution in [0.5, 0.6) is 11.5 Å². The van der Waals surface area contributed by atoms with Crippen LogP contribution in [0.25, 0.3) is 0 Å². The van der Waals surface area contributed by atoms with Gasteiger partial charge in [-0.2, -0.15) is 0 Å². The maximum Gasteiger partial charge on any atom is 0.412 e. The summed E-state index contributed by atoms with van der Waals surface area (Å²) in [5.74, 6) is 0.858. The van der Waals surface area contributed by atoms with Crippen LogP contribution in [0.3, 0.4) is 0 Å². The zero-order valence-electron chi connectivity index (χ0n) is 13.4. The molecule has 0 aliphatic carbocycles. The maximum atomic E-state index is 11.3. The molecule has 0 bridgehead atoms. The Hall–Kier alpha value is -2.82. The molecule has 2 aromatic carbocycles. The standard InChI is InChI=1S/C18H20N2O3/c1-12(2)15-10-14(23-18(22)19-3)8-9-16(15)20-11-13-6-4-5-7-17(13)21/h4-12,21H,1-3H3,(H,19,22)/b20-11+. The number of hydrogen-bond acceptors (Lipinski definition) is 4. The van der Waals surface area contributed by atoms with E-state index in [1.54, 1.807) is 42.6 Å². The highest BCUT2D eigenvalue weighted by Gasteiger charge is 2.10. The number of amides is 1. The van der Waals surface area contributed by atoms with Crippen molar-refractivity contribution >= 4 is 18.0 Å². The summed E-state index contributed by atoms with van der Waals surface area (Å²) in [5.41, 5.74) is 2.37. The van der Waals surface area contributed by atoms with E-state index in [4.69, 9.17) is 4.74 Å². The van der Waals surface area contributed by atoms with E-state index in [-0.39, 0.29) is 11.7 Å². The van der Waals surface area contributed by atoms with Gasteiger partial charge in [0.15, 0.2) is 0 Å². The summed E-state index contributed by atoms with van der Waals surface area (Å²) in [4.78, 5) is 15.8. The van der Waals surface area contributed by atoms with Gasteiger partial charge in [-0.1, -0.05) is 26.0 Å². The predicted octanol–water partition coefficient (Wildman–Crippen LogP) is 3.98. The van der Waals surface area contributed by atoms with Crippen molar-refractivity contribution in [1.82, 2.24) is 5.32 Å². The summed E-state index contributed by atoms with van der Waals surface area (Å²) in [6, 6.07) is 12.3. The van der Waals surface area contributed by atoms with Gasteiger partial charge >= 0.3 is 6.09 Å². The highest BCUT2D eigenvalue weighted by atomic mass is 16.5. The fraction of sp³-hybridized carbons (Fsp3) is 0.222. The van der Waals surface area contributed by atoms with Gasteiger partial charge in [0.05, 0.1) is 5.69 Å². The van der Waals surface area contributed by atoms with Crippen molar-refractivity contribution in [3.05, 3.63) is 53.6 Å². The van der Waals surface area contributed by atoms with Crippen LogP contribution in [0, 0.1) is 0 Å². The van der Waals surface area contributed by atoms with Crippen LogP contribution in [0.15, 0.2) is 47.5 Å². The van der Waals surface area contributed by atoms with E-state index in [0.717, 1.165) is 11.3 Å². The first-order valence-electron chi connectivity index (χ1n) is 7.37. The largest absolute Gasteiger partial charge is 0.507 e. The summed E-state index contributed by atoms with van der Waals surface area (Å²) >= 11 is 0. The topological polar surface area (TPSA) is 70.9 Å². The van der Waals surface area contributed by atoms with E-state index in [1.807, 2.05) is 19.9 Å². The number of nitrogens with zero attached hydrogens (tertiary/aromatic N) is 1. The Morgan fingerprint density at radius 1 is 1.26 bits per heavy atom. The minimum absolute atomic E-state index is 0.182. The van der Waals surface area contributed by atoms with Crippen molar-refractivity contribution in [2.24, 2.45) is 4.99 Å². The number of nitrogens with one attached hydrogen (secondary N) is 1. The molecular formula is C18H20N2O3. The molecule has 2 aromatic rings. The number of carbonyl (C=O) groups excluding carboxylic acids is 1. The number of carbonyl (C=O) groups is 1. The van der Waals surface area contributed by atoms with Gasteiger partial charge in [-0.25, -0.2) is 4.79 Å². The molecule has 5 heteroatoms. The average Bonchev–Trinajstić information content (AvgIpc) is 2.54. The second kappa shape index (κ2) is 7.45. The van der Waals surface area contributed by atoms with Gasteiger partial charge in [0.25, 0.3) is 0 Å². The SMILES string of the molecule is CNC(=O)Oc1ccc(/N=C/c2ccccc2O)c(C(C)C)c1. The van der Waals surface area contributed by atoms with Gasteiger partial charge in [0.1, 0.15) is 11.5 Å². The fourth-order valence-corrected chi connectivity index (χ4v) is 2.07. The van der Waals surface area contributed by atoms with E-state index in [9.17, 15) is 9.90 Å². The summed E-state index contributed by atoms with van der Waals surface area (Å²) in [7, 11) is 1.51. The number of para-hydroxylation sites is 1. The minimum atomic E-state index is -0.509. The Morgan fingerprint density at radius 3 is 2.65 bits per heavy atom. The lowest BCUT2D eigenvalue weighted by molar-refractivity contribution is 0.203. The van der Waals surface area contributed by atoms with Crippen LogP contribution in [0.2, 0.25) is 0 Å². The Labute approximate surface area is 135 Å². The lowest BCUT2D eigenvalue weighted by Gasteiger charge is -2.12. The molecule has 0 fully saturated rings. The Bertz CT molecular complexity index is 724. The molecule has 0 spiro atoms. The van der Waals surface area contributed by atoms with Crippen molar-refractivity contribution in [1.29, 1.82) is 0 Å². The first-order valence-corrected chi connectivity index (χ1v) is 7.37. The number of ether oxygens (including phenoxy) is 1. The lowest BCUT2D eigenvalue weighted by atomic mass is 10.0. The normalized spacial score (nSPS) is 11.0. The molecule has 0 aromatic heterocycles. The third-order valence-corrected chi connectivity index (χ3v) is 3.32. The molecule has 0 unspecified atom stereocenters. The van der Waals surface area contributed by atoms with E-state index < -0.39 is 6.09 Å². The number of rotatable bonds is 4. The molecule has 120 valence electrons. The molecule has 0 atom stereocenters. The molecule has 2 rings (SSSR count). The van der Waals surface area contributed by atoms with E-state index >= 15 is 0 Å². The second-order valence-corrected chi connectivity index (χ2v) is 5.33. The summed E-state index contributed by atoms with van der Waals surface area (Å²) in [6.07, 6.45) is 1.11. The van der Waals surface area contributed by atoms with Gasteiger partial charge in [0, 0.05) is 18.8 Å². The fourth-order valence-electron chi connectivity index (χ4n) is 2.07. The summed E-state index contributed by atoms with van der Waals surface area (Å²) in [6.45, 7) is 4.08. The molecule has 0 radical (unpaired) electrons. The smallest absolute Gasteiger partial charge is 0.412 e. The van der Waals surface area contributed by atoms with Crippen molar-refractivity contribution < 1.29 is 14.6 Å². The van der Waals surface area contributed by atoms with E-state index in [2.05, 4.69) is 10.3 Å². The van der Waals surface area contributed by atoms with Crippen molar-refractivity contribution in [2.75, 3.05) is 7.05 Å². The molecule has 0 saturated carbocycles. The van der Waals surface area contributed by atoms with Crippen LogP contribution >= 0.6 is 0 Å². The monoisotopic (exact) mass is 312 g/mol. The number of hydrogen-bond donors (Lipinski definition) is 2. The van der Waals surface area contributed by atoms with Crippen LogP contribution in [-0.4, -0.2) is 24.5 Å². The zero-order chi connectivity index (χ0) is 16.8. The number of phenolic OH excluding ortho intramolecular Hbond substituents is 1. The second-order valence-electron chi connectivity index (χ2n) is 5.33. The highest BCUT2D eigenvalue weighted by molar-refractivity contribution is 5.85. The molecule has 23 heavy (non-hydrogen) atoms. The van der Waals surface area contributed by atoms with Crippen LogP contribution in [0.1, 0.15) is 30.9 Å². The first-order chi connectivity index (χ1) is 11.0. The third kappa shape index (κ3) is 4.32. The Balaban J connectivity index is 2.31. The highest BCUT2D eigenvalue weighted by Crippen LogP contribution is 2.31. The lowest BCUT2D eigenvalue weighted by Crippen LogP contribution is -2.22. The third-order valence-electron chi connectivity index (χ3n) is 3.32. The predicted molar refractivity (Wildman–Crippen MR) is 91.0 cm³/mol. The van der Waals surface area contributed by atoms with Gasteiger partial charge in [-0.15, -0.1) is 0 Å². The molecule has 0 saturated heterocycles. The zero-order valence-corrected chi connectivity index (χ0v) is 13.4. The molecule has 2 N–H and O–H groups in total. The minimum Gasteiger partial charge on any atom is -0.507 e. The Morgan fingerprint density at radius 2 is 2.00 bits per heavy atom. The summed E-state index contributed by atoms with van der Waals surface area (Å²) < 4.78 is 5.15. The quantitative estimate of drug-likeness (QED) is 0.839. The van der Waals surface area contributed by atoms with Crippen molar-refractivity contribution in [2.45, 2.75) is 19.8 Å². The summed E-state index contributed by atoms with van der Waals surface area (Å²) in [5, 5.41) is 12.2. The van der Waals surface area contributed by atoms with Gasteiger partial charge < -0.3 is 15.2 Å². The number of aromatic hydroxyl groups is 1. The van der Waals surface area contributed by atoms with Crippen LogP contribution in [-0.2, 0) is 0 Å². The van der Waals surface area contributed by atoms with Crippen molar-refractivity contribution in [3.8, 4) is 11.5 Å². The maximum absolute atomic E-state index is 11.3. The number of aliphatic imine (C=N–C) groups is 1. The first kappa shape index (κ1) is 16.5. The molecule has 0 aliphatic heterocycles. The number of phenols is 1. The average molecular weight is 312 g/mol. The molecular weight excluding hydrogens is 292 g/mol. The molecule has 0 aliphatic rings. The van der Waals surface area contributed by atoms with Gasteiger partial charge in [-0.05, 0) is 41.8 Å². The van der Waals surface area contributed by atoms with Gasteiger partial charge in [0.2, 0.25) is 0 Å². The molecule has 1 amide bonds. The van der Waals surface area contributed by atoms with E-state index in [1.165, 1.54) is 7.05 Å². The van der Waals surface area contributed by atoms with Crippen LogP contribution < -0.4 is 10.1 Å². The Kier molecular flexibility index (Phi) is 5.36. The molecule has 0 heterocycles. The van der Waals surface area contributed by atoms with E-state index in [0.29, 0.717) is 11.3 Å².